The molecule has 18 heavy (non-hydrogen) atoms. The van der Waals surface area contributed by atoms with Gasteiger partial charge in [0.05, 0.1) is 6.61 Å². The van der Waals surface area contributed by atoms with Gasteiger partial charge in [-0.3, -0.25) is 4.79 Å². The molecule has 1 aliphatic rings. The van der Waals surface area contributed by atoms with Gasteiger partial charge < -0.3 is 15.4 Å². The first-order chi connectivity index (χ1) is 8.72. The van der Waals surface area contributed by atoms with Crippen LogP contribution in [0.25, 0.3) is 0 Å². The molecule has 0 saturated carbocycles. The Balaban J connectivity index is 1.96. The van der Waals surface area contributed by atoms with E-state index in [1.54, 1.807) is 0 Å². The quantitative estimate of drug-likeness (QED) is 0.883. The largest absolute Gasteiger partial charge is 0.381 e. The number of thiophene rings is 1. The highest BCUT2D eigenvalue weighted by molar-refractivity contribution is 7.10. The van der Waals surface area contributed by atoms with Crippen LogP contribution in [0.5, 0.6) is 0 Å². The second-order valence-electron chi connectivity index (χ2n) is 4.60. The molecule has 1 amide bonds. The molecule has 1 saturated heterocycles. The summed E-state index contributed by atoms with van der Waals surface area (Å²) in [7, 11) is 0. The first kappa shape index (κ1) is 13.5. The zero-order chi connectivity index (χ0) is 13.0. The molecule has 4 nitrogen and oxygen atoms in total. The molecule has 1 aromatic heterocycles. The fourth-order valence-corrected chi connectivity index (χ4v) is 2.92. The van der Waals surface area contributed by atoms with Gasteiger partial charge in [-0.05, 0) is 24.8 Å². The Morgan fingerprint density at radius 1 is 1.72 bits per heavy atom. The maximum atomic E-state index is 12.3. The minimum absolute atomic E-state index is 0.0202. The Kier molecular flexibility index (Phi) is 4.74. The van der Waals surface area contributed by atoms with Gasteiger partial charge in [-0.15, -0.1) is 11.3 Å². The molecule has 0 radical (unpaired) electrons. The van der Waals surface area contributed by atoms with E-state index < -0.39 is 6.04 Å². The number of hydrogen-bond donors (Lipinski definition) is 1. The molecule has 1 aromatic rings. The summed E-state index contributed by atoms with van der Waals surface area (Å²) in [6.45, 7) is 5.03. The Morgan fingerprint density at radius 2 is 2.56 bits per heavy atom. The highest BCUT2D eigenvalue weighted by Gasteiger charge is 2.26. The lowest BCUT2D eigenvalue weighted by molar-refractivity contribution is -0.133. The van der Waals surface area contributed by atoms with Crippen LogP contribution >= 0.6 is 11.3 Å². The second kappa shape index (κ2) is 6.31. The van der Waals surface area contributed by atoms with Crippen LogP contribution in [0.1, 0.15) is 24.3 Å². The first-order valence-electron chi connectivity index (χ1n) is 6.38. The lowest BCUT2D eigenvalue weighted by atomic mass is 10.1. The number of rotatable bonds is 5. The molecule has 5 heteroatoms. The molecule has 0 aliphatic carbocycles. The predicted octanol–water partition coefficient (Wildman–Crippen LogP) is 1.63. The van der Waals surface area contributed by atoms with Gasteiger partial charge in [-0.25, -0.2) is 0 Å². The number of nitrogens with zero attached hydrogens (tertiary/aromatic N) is 1. The fraction of sp³-hybridized carbons (Fsp3) is 0.615. The van der Waals surface area contributed by atoms with Crippen LogP contribution in [0, 0.1) is 5.92 Å². The van der Waals surface area contributed by atoms with Gasteiger partial charge in [0.1, 0.15) is 6.04 Å². The minimum atomic E-state index is -0.521. The van der Waals surface area contributed by atoms with E-state index >= 15 is 0 Å². The number of hydrogen-bond acceptors (Lipinski definition) is 4. The predicted molar refractivity (Wildman–Crippen MR) is 72.4 cm³/mol. The lowest BCUT2D eigenvalue weighted by Crippen LogP contribution is -2.41. The van der Waals surface area contributed by atoms with Crippen molar-refractivity contribution in [2.45, 2.75) is 19.4 Å². The molecule has 0 spiro atoms. The third kappa shape index (κ3) is 3.10. The van der Waals surface area contributed by atoms with Crippen LogP contribution in [0.3, 0.4) is 0 Å². The molecule has 2 rings (SSSR count). The summed E-state index contributed by atoms with van der Waals surface area (Å²) < 4.78 is 5.35. The second-order valence-corrected chi connectivity index (χ2v) is 5.58. The molecule has 1 aliphatic heterocycles. The van der Waals surface area contributed by atoms with Gasteiger partial charge >= 0.3 is 0 Å². The highest BCUT2D eigenvalue weighted by Crippen LogP contribution is 2.20. The molecule has 2 atom stereocenters. The number of nitrogens with two attached hydrogens (primary N) is 1. The standard InChI is InChI=1S/C13H20N2O2S/c1-2-15(8-10-5-6-17-9-10)13(16)12(14)11-4-3-7-18-11/h3-4,7,10,12H,2,5-6,8-9,14H2,1H3. The minimum Gasteiger partial charge on any atom is -0.381 e. The van der Waals surface area contributed by atoms with Crippen molar-refractivity contribution in [3.63, 3.8) is 0 Å². The van der Waals surface area contributed by atoms with E-state index in [2.05, 4.69) is 0 Å². The van der Waals surface area contributed by atoms with E-state index in [0.29, 0.717) is 12.5 Å². The van der Waals surface area contributed by atoms with Gasteiger partial charge in [0.2, 0.25) is 5.91 Å². The normalized spacial score (nSPS) is 20.9. The SMILES string of the molecule is CCN(CC1CCOC1)C(=O)C(N)c1cccs1. The van der Waals surface area contributed by atoms with Crippen molar-refractivity contribution in [3.05, 3.63) is 22.4 Å². The number of likely N-dealkylation sites (N-methyl/N-ethyl adjacent to an activating group) is 1. The fourth-order valence-electron chi connectivity index (χ4n) is 2.20. The van der Waals surface area contributed by atoms with Crippen molar-refractivity contribution in [1.82, 2.24) is 4.90 Å². The average Bonchev–Trinajstić information content (AvgIpc) is 3.06. The molecule has 2 heterocycles. The van der Waals surface area contributed by atoms with E-state index in [-0.39, 0.29) is 5.91 Å². The summed E-state index contributed by atoms with van der Waals surface area (Å²) in [6, 6.07) is 3.32. The van der Waals surface area contributed by atoms with Gasteiger partial charge in [-0.1, -0.05) is 6.07 Å². The summed E-state index contributed by atoms with van der Waals surface area (Å²) in [5.74, 6) is 0.483. The number of carbonyl (C=O) groups excluding carboxylic acids is 1. The van der Waals surface area contributed by atoms with Crippen LogP contribution in [0.2, 0.25) is 0 Å². The van der Waals surface area contributed by atoms with Crippen molar-refractivity contribution < 1.29 is 9.53 Å². The monoisotopic (exact) mass is 268 g/mol. The Labute approximate surface area is 112 Å². The van der Waals surface area contributed by atoms with Crippen molar-refractivity contribution in [2.24, 2.45) is 11.7 Å². The summed E-state index contributed by atoms with van der Waals surface area (Å²) >= 11 is 1.53. The van der Waals surface area contributed by atoms with E-state index in [1.807, 2.05) is 29.3 Å². The van der Waals surface area contributed by atoms with E-state index in [4.69, 9.17) is 10.5 Å². The van der Waals surface area contributed by atoms with E-state index in [1.165, 1.54) is 11.3 Å². The van der Waals surface area contributed by atoms with Gasteiger partial charge in [0, 0.05) is 30.5 Å². The van der Waals surface area contributed by atoms with Crippen LogP contribution in [-0.2, 0) is 9.53 Å². The third-order valence-corrected chi connectivity index (χ3v) is 4.27. The van der Waals surface area contributed by atoms with Crippen LogP contribution < -0.4 is 5.73 Å². The molecule has 1 fully saturated rings. The van der Waals surface area contributed by atoms with Crippen LogP contribution in [0.4, 0.5) is 0 Å². The molecular weight excluding hydrogens is 248 g/mol. The van der Waals surface area contributed by atoms with Crippen molar-refractivity contribution >= 4 is 17.2 Å². The first-order valence-corrected chi connectivity index (χ1v) is 7.25. The number of ether oxygens (including phenoxy) is 1. The van der Waals surface area contributed by atoms with Crippen molar-refractivity contribution in [2.75, 3.05) is 26.3 Å². The zero-order valence-corrected chi connectivity index (χ0v) is 11.5. The molecule has 0 aromatic carbocycles. The maximum absolute atomic E-state index is 12.3. The van der Waals surface area contributed by atoms with E-state index in [9.17, 15) is 4.79 Å². The molecule has 0 bridgehead atoms. The van der Waals surface area contributed by atoms with E-state index in [0.717, 1.165) is 31.1 Å². The zero-order valence-electron chi connectivity index (χ0n) is 10.7. The lowest BCUT2D eigenvalue weighted by Gasteiger charge is -2.26. The van der Waals surface area contributed by atoms with Gasteiger partial charge in [0.25, 0.3) is 0 Å². The Morgan fingerprint density at radius 3 is 3.11 bits per heavy atom. The third-order valence-electron chi connectivity index (χ3n) is 3.31. The molecule has 100 valence electrons. The summed E-state index contributed by atoms with van der Waals surface area (Å²) in [5, 5.41) is 1.95. The molecule has 2 unspecified atom stereocenters. The maximum Gasteiger partial charge on any atom is 0.244 e. The molecule has 2 N–H and O–H groups in total. The average molecular weight is 268 g/mol. The summed E-state index contributed by atoms with van der Waals surface area (Å²) in [4.78, 5) is 15.1. The number of amides is 1. The summed E-state index contributed by atoms with van der Waals surface area (Å²) in [5.41, 5.74) is 6.02. The number of carbonyl (C=O) groups is 1. The smallest absolute Gasteiger partial charge is 0.244 e. The topological polar surface area (TPSA) is 55.6 Å². The highest BCUT2D eigenvalue weighted by atomic mass is 32.1. The molecular formula is C13H20N2O2S. The van der Waals surface area contributed by atoms with Gasteiger partial charge in [0.15, 0.2) is 0 Å². The summed E-state index contributed by atoms with van der Waals surface area (Å²) in [6.07, 6.45) is 1.04. The Hall–Kier alpha value is -0.910. The van der Waals surface area contributed by atoms with Crippen molar-refractivity contribution in [1.29, 1.82) is 0 Å². The van der Waals surface area contributed by atoms with Gasteiger partial charge in [-0.2, -0.15) is 0 Å². The van der Waals surface area contributed by atoms with Crippen LogP contribution in [0.15, 0.2) is 17.5 Å². The Bertz CT molecular complexity index is 374. The van der Waals surface area contributed by atoms with Crippen molar-refractivity contribution in [3.8, 4) is 0 Å². The van der Waals surface area contributed by atoms with Crippen LogP contribution in [-0.4, -0.2) is 37.1 Å².